The van der Waals surface area contributed by atoms with Gasteiger partial charge in [0.25, 0.3) is 0 Å². The summed E-state index contributed by atoms with van der Waals surface area (Å²) in [6.45, 7) is 1.89. The van der Waals surface area contributed by atoms with E-state index in [9.17, 15) is 0 Å². The summed E-state index contributed by atoms with van der Waals surface area (Å²) in [5, 5.41) is 7.63. The van der Waals surface area contributed by atoms with Crippen LogP contribution in [-0.4, -0.2) is 6.61 Å². The Kier molecular flexibility index (Phi) is 5.46. The maximum absolute atomic E-state index is 5.53. The molecule has 2 aromatic rings. The zero-order valence-electron chi connectivity index (χ0n) is 10.4. The number of benzene rings is 1. The Morgan fingerprint density at radius 3 is 2.95 bits per heavy atom. The number of terminal acetylenes is 1. The first-order chi connectivity index (χ1) is 9.29. The molecule has 2 nitrogen and oxygen atoms in total. The van der Waals surface area contributed by atoms with Crippen LogP contribution in [-0.2, 0) is 13.1 Å². The summed E-state index contributed by atoms with van der Waals surface area (Å²) in [4.78, 5) is 0. The maximum Gasteiger partial charge on any atom is 0.148 e. The third kappa shape index (κ3) is 4.39. The highest BCUT2D eigenvalue weighted by atomic mass is 79.9. The molecule has 0 aliphatic heterocycles. The fourth-order valence-electron chi connectivity index (χ4n) is 1.68. The summed E-state index contributed by atoms with van der Waals surface area (Å²) >= 11 is 5.18. The standard InChI is InChI=1S/C15H14BrNOS/c1-2-6-18-15-4-3-14(16)8-13(15)10-17-9-12-5-7-19-11-12/h1,3-5,7-8,11,17H,6,9-10H2. The van der Waals surface area contributed by atoms with Gasteiger partial charge in [-0.25, -0.2) is 0 Å². The predicted molar refractivity (Wildman–Crippen MR) is 83.3 cm³/mol. The van der Waals surface area contributed by atoms with Gasteiger partial charge in [-0.15, -0.1) is 6.42 Å². The number of rotatable bonds is 6. The first-order valence-corrected chi connectivity index (χ1v) is 7.59. The van der Waals surface area contributed by atoms with Crippen molar-refractivity contribution in [3.63, 3.8) is 0 Å². The van der Waals surface area contributed by atoms with Crippen molar-refractivity contribution in [2.75, 3.05) is 6.61 Å². The molecule has 2 rings (SSSR count). The molecular formula is C15H14BrNOS. The zero-order valence-corrected chi connectivity index (χ0v) is 12.8. The van der Waals surface area contributed by atoms with Crippen LogP contribution in [0.5, 0.6) is 5.75 Å². The van der Waals surface area contributed by atoms with Gasteiger partial charge in [-0.3, -0.25) is 0 Å². The van der Waals surface area contributed by atoms with Gasteiger partial charge in [0.1, 0.15) is 12.4 Å². The molecule has 0 saturated heterocycles. The molecule has 1 N–H and O–H groups in total. The minimum Gasteiger partial charge on any atom is -0.481 e. The van der Waals surface area contributed by atoms with Gasteiger partial charge in [0.2, 0.25) is 0 Å². The van der Waals surface area contributed by atoms with Gasteiger partial charge in [-0.05, 0) is 40.6 Å². The minimum absolute atomic E-state index is 0.291. The lowest BCUT2D eigenvalue weighted by Crippen LogP contribution is -2.13. The van der Waals surface area contributed by atoms with Gasteiger partial charge < -0.3 is 10.1 Å². The van der Waals surface area contributed by atoms with Crippen LogP contribution in [0, 0.1) is 12.3 Å². The van der Waals surface area contributed by atoms with Crippen molar-refractivity contribution in [1.29, 1.82) is 0 Å². The molecule has 0 spiro atoms. The Bertz CT molecular complexity index is 560. The number of hydrogen-bond acceptors (Lipinski definition) is 3. The fraction of sp³-hybridized carbons (Fsp3) is 0.200. The van der Waals surface area contributed by atoms with Crippen molar-refractivity contribution in [2.24, 2.45) is 0 Å². The molecule has 98 valence electrons. The van der Waals surface area contributed by atoms with Crippen LogP contribution in [0.15, 0.2) is 39.5 Å². The number of halogens is 1. The first-order valence-electron chi connectivity index (χ1n) is 5.86. The van der Waals surface area contributed by atoms with E-state index in [1.807, 2.05) is 18.2 Å². The molecule has 0 fully saturated rings. The summed E-state index contributed by atoms with van der Waals surface area (Å²) in [5.74, 6) is 3.32. The number of thiophene rings is 1. The summed E-state index contributed by atoms with van der Waals surface area (Å²) in [6.07, 6.45) is 5.22. The molecule has 1 aromatic heterocycles. The highest BCUT2D eigenvalue weighted by Gasteiger charge is 2.04. The topological polar surface area (TPSA) is 21.3 Å². The largest absolute Gasteiger partial charge is 0.481 e. The Hall–Kier alpha value is -1.28. The average molecular weight is 336 g/mol. The van der Waals surface area contributed by atoms with Crippen molar-refractivity contribution in [2.45, 2.75) is 13.1 Å². The van der Waals surface area contributed by atoms with E-state index in [0.717, 1.165) is 28.9 Å². The molecule has 1 heterocycles. The van der Waals surface area contributed by atoms with Gasteiger partial charge in [0.15, 0.2) is 0 Å². The minimum atomic E-state index is 0.291. The van der Waals surface area contributed by atoms with Gasteiger partial charge in [-0.1, -0.05) is 21.9 Å². The lowest BCUT2D eigenvalue weighted by molar-refractivity contribution is 0.364. The van der Waals surface area contributed by atoms with E-state index in [4.69, 9.17) is 11.2 Å². The monoisotopic (exact) mass is 335 g/mol. The van der Waals surface area contributed by atoms with E-state index in [0.29, 0.717) is 6.61 Å². The molecule has 0 unspecified atom stereocenters. The Balaban J connectivity index is 1.97. The highest BCUT2D eigenvalue weighted by Crippen LogP contribution is 2.23. The summed E-state index contributed by atoms with van der Waals surface area (Å²) < 4.78 is 6.57. The number of hydrogen-bond donors (Lipinski definition) is 1. The molecule has 0 aliphatic carbocycles. The summed E-state index contributed by atoms with van der Waals surface area (Å²) in [7, 11) is 0. The molecule has 0 atom stereocenters. The number of ether oxygens (including phenoxy) is 1. The average Bonchev–Trinajstić information content (AvgIpc) is 2.91. The zero-order chi connectivity index (χ0) is 13.5. The van der Waals surface area contributed by atoms with Gasteiger partial charge >= 0.3 is 0 Å². The Morgan fingerprint density at radius 1 is 1.32 bits per heavy atom. The van der Waals surface area contributed by atoms with Crippen LogP contribution in [0.1, 0.15) is 11.1 Å². The smallest absolute Gasteiger partial charge is 0.148 e. The van der Waals surface area contributed by atoms with E-state index >= 15 is 0 Å². The maximum atomic E-state index is 5.53. The molecule has 19 heavy (non-hydrogen) atoms. The van der Waals surface area contributed by atoms with Gasteiger partial charge in [0, 0.05) is 23.1 Å². The van der Waals surface area contributed by atoms with Crippen molar-refractivity contribution in [3.05, 3.63) is 50.6 Å². The quantitative estimate of drug-likeness (QED) is 0.810. The van der Waals surface area contributed by atoms with E-state index in [-0.39, 0.29) is 0 Å². The molecule has 1 aromatic carbocycles. The highest BCUT2D eigenvalue weighted by molar-refractivity contribution is 9.10. The SMILES string of the molecule is C#CCOc1ccc(Br)cc1CNCc1ccsc1. The van der Waals surface area contributed by atoms with Crippen molar-refractivity contribution in [1.82, 2.24) is 5.32 Å². The molecule has 0 aliphatic rings. The van der Waals surface area contributed by atoms with E-state index in [1.165, 1.54) is 5.56 Å². The second-order valence-electron chi connectivity index (χ2n) is 3.98. The van der Waals surface area contributed by atoms with E-state index < -0.39 is 0 Å². The Labute approximate surface area is 125 Å². The van der Waals surface area contributed by atoms with E-state index in [2.05, 4.69) is 44.0 Å². The molecule has 4 heteroatoms. The second kappa shape index (κ2) is 7.34. The lowest BCUT2D eigenvalue weighted by Gasteiger charge is -2.11. The Morgan fingerprint density at radius 2 is 2.21 bits per heavy atom. The molecule has 0 bridgehead atoms. The third-order valence-corrected chi connectivity index (χ3v) is 3.78. The van der Waals surface area contributed by atoms with Gasteiger partial charge in [0.05, 0.1) is 0 Å². The first kappa shape index (κ1) is 14.1. The molecule has 0 amide bonds. The summed E-state index contributed by atoms with van der Waals surface area (Å²) in [6, 6.07) is 8.05. The second-order valence-corrected chi connectivity index (χ2v) is 5.68. The fourth-order valence-corrected chi connectivity index (χ4v) is 2.76. The van der Waals surface area contributed by atoms with Crippen LogP contribution < -0.4 is 10.1 Å². The van der Waals surface area contributed by atoms with Crippen LogP contribution in [0.4, 0.5) is 0 Å². The lowest BCUT2D eigenvalue weighted by atomic mass is 10.2. The molecule has 0 saturated carbocycles. The van der Waals surface area contributed by atoms with Crippen molar-refractivity contribution >= 4 is 27.3 Å². The third-order valence-electron chi connectivity index (χ3n) is 2.56. The molecule has 0 radical (unpaired) electrons. The normalized spacial score (nSPS) is 10.1. The van der Waals surface area contributed by atoms with Crippen LogP contribution >= 0.6 is 27.3 Å². The van der Waals surface area contributed by atoms with Crippen LogP contribution in [0.3, 0.4) is 0 Å². The van der Waals surface area contributed by atoms with Crippen molar-refractivity contribution in [3.8, 4) is 18.1 Å². The predicted octanol–water partition coefficient (Wildman–Crippen LogP) is 3.81. The van der Waals surface area contributed by atoms with Gasteiger partial charge in [-0.2, -0.15) is 11.3 Å². The van der Waals surface area contributed by atoms with Crippen LogP contribution in [0.25, 0.3) is 0 Å². The summed E-state index contributed by atoms with van der Waals surface area (Å²) in [5.41, 5.74) is 2.39. The molecular weight excluding hydrogens is 322 g/mol. The van der Waals surface area contributed by atoms with Crippen LogP contribution in [0.2, 0.25) is 0 Å². The number of nitrogens with one attached hydrogen (secondary N) is 1. The van der Waals surface area contributed by atoms with Crippen molar-refractivity contribution < 1.29 is 4.74 Å². The van der Waals surface area contributed by atoms with E-state index in [1.54, 1.807) is 11.3 Å².